The lowest BCUT2D eigenvalue weighted by atomic mass is 10.1. The molecule has 1 atom stereocenters. The minimum absolute atomic E-state index is 0.00791. The number of carbonyl (C=O) groups is 1. The second-order valence-electron chi connectivity index (χ2n) is 5.08. The minimum Gasteiger partial charge on any atom is -0.497 e. The van der Waals surface area contributed by atoms with Crippen LogP contribution in [0.25, 0.3) is 0 Å². The number of sulfone groups is 1. The van der Waals surface area contributed by atoms with Gasteiger partial charge in [-0.1, -0.05) is 0 Å². The highest BCUT2D eigenvalue weighted by atomic mass is 32.2. The van der Waals surface area contributed by atoms with Gasteiger partial charge in [-0.15, -0.1) is 0 Å². The highest BCUT2D eigenvalue weighted by molar-refractivity contribution is 7.91. The van der Waals surface area contributed by atoms with Gasteiger partial charge in [-0.2, -0.15) is 0 Å². The van der Waals surface area contributed by atoms with E-state index >= 15 is 0 Å². The van der Waals surface area contributed by atoms with Crippen molar-refractivity contribution in [2.45, 2.75) is 6.42 Å². The predicted octanol–water partition coefficient (Wildman–Crippen LogP) is 0.868. The van der Waals surface area contributed by atoms with Gasteiger partial charge in [0.1, 0.15) is 11.5 Å². The number of ether oxygens (including phenoxy) is 2. The molecule has 1 heterocycles. The smallest absolute Gasteiger partial charge is 0.251 e. The monoisotopic (exact) mass is 313 g/mol. The molecule has 2 rings (SSSR count). The minimum atomic E-state index is -2.92. The van der Waals surface area contributed by atoms with Gasteiger partial charge in [0.15, 0.2) is 9.84 Å². The zero-order valence-electron chi connectivity index (χ0n) is 12.1. The summed E-state index contributed by atoms with van der Waals surface area (Å²) in [6.07, 6.45) is 0.601. The molecule has 7 heteroatoms. The molecule has 21 heavy (non-hydrogen) atoms. The molecule has 0 unspecified atom stereocenters. The third-order valence-corrected chi connectivity index (χ3v) is 5.33. The van der Waals surface area contributed by atoms with Gasteiger partial charge < -0.3 is 14.8 Å². The summed E-state index contributed by atoms with van der Waals surface area (Å²) in [5.41, 5.74) is 0.423. The summed E-state index contributed by atoms with van der Waals surface area (Å²) < 4.78 is 33.0. The highest BCUT2D eigenvalue weighted by Gasteiger charge is 2.28. The summed E-state index contributed by atoms with van der Waals surface area (Å²) in [4.78, 5) is 12.1. The van der Waals surface area contributed by atoms with Crippen LogP contribution >= 0.6 is 0 Å². The van der Waals surface area contributed by atoms with E-state index in [1.165, 1.54) is 14.2 Å². The Labute approximate surface area is 124 Å². The Balaban J connectivity index is 2.00. The molecule has 0 bridgehead atoms. The van der Waals surface area contributed by atoms with Crippen molar-refractivity contribution >= 4 is 15.7 Å². The van der Waals surface area contributed by atoms with Crippen LogP contribution in [-0.2, 0) is 9.84 Å². The van der Waals surface area contributed by atoms with Crippen LogP contribution < -0.4 is 14.8 Å². The number of hydrogen-bond donors (Lipinski definition) is 1. The fraction of sp³-hybridized carbons (Fsp3) is 0.500. The lowest BCUT2D eigenvalue weighted by molar-refractivity contribution is 0.0947. The fourth-order valence-corrected chi connectivity index (χ4v) is 4.17. The molecule has 0 spiro atoms. The molecule has 116 valence electrons. The van der Waals surface area contributed by atoms with Crippen LogP contribution in [0.15, 0.2) is 18.2 Å². The zero-order valence-corrected chi connectivity index (χ0v) is 12.9. The van der Waals surface area contributed by atoms with Crippen molar-refractivity contribution in [2.75, 3.05) is 32.3 Å². The van der Waals surface area contributed by atoms with E-state index in [2.05, 4.69) is 5.32 Å². The van der Waals surface area contributed by atoms with Gasteiger partial charge in [0.2, 0.25) is 0 Å². The predicted molar refractivity (Wildman–Crippen MR) is 78.6 cm³/mol. The zero-order chi connectivity index (χ0) is 15.5. The topological polar surface area (TPSA) is 81.7 Å². The van der Waals surface area contributed by atoms with E-state index in [-0.39, 0.29) is 23.3 Å². The largest absolute Gasteiger partial charge is 0.497 e. The molecule has 1 aromatic rings. The van der Waals surface area contributed by atoms with Gasteiger partial charge in [-0.3, -0.25) is 4.79 Å². The summed E-state index contributed by atoms with van der Waals surface area (Å²) >= 11 is 0. The second-order valence-corrected chi connectivity index (χ2v) is 7.31. The maximum atomic E-state index is 12.1. The van der Waals surface area contributed by atoms with E-state index in [4.69, 9.17) is 9.47 Å². The van der Waals surface area contributed by atoms with Gasteiger partial charge in [-0.25, -0.2) is 8.42 Å². The molecule has 1 aliphatic heterocycles. The lowest BCUT2D eigenvalue weighted by Crippen LogP contribution is -2.29. The number of rotatable bonds is 5. The molecule has 0 aromatic heterocycles. The summed E-state index contributed by atoms with van der Waals surface area (Å²) in [6, 6.07) is 4.91. The Kier molecular flexibility index (Phi) is 4.72. The molecule has 1 fully saturated rings. The molecule has 1 aromatic carbocycles. The summed E-state index contributed by atoms with van der Waals surface area (Å²) in [5.74, 6) is 1.14. The van der Waals surface area contributed by atoms with Crippen LogP contribution in [0.5, 0.6) is 11.5 Å². The maximum Gasteiger partial charge on any atom is 0.251 e. The molecule has 1 N–H and O–H groups in total. The first-order valence-electron chi connectivity index (χ1n) is 6.65. The first-order valence-corrected chi connectivity index (χ1v) is 8.47. The van der Waals surface area contributed by atoms with Crippen molar-refractivity contribution in [1.29, 1.82) is 0 Å². The van der Waals surface area contributed by atoms with E-state index in [0.29, 0.717) is 30.0 Å². The van der Waals surface area contributed by atoms with Crippen LogP contribution in [0, 0.1) is 5.92 Å². The molecular formula is C14H19NO5S. The Bertz CT molecular complexity index is 604. The van der Waals surface area contributed by atoms with E-state index < -0.39 is 9.84 Å². The number of benzene rings is 1. The number of carbonyl (C=O) groups excluding carboxylic acids is 1. The summed E-state index contributed by atoms with van der Waals surface area (Å²) in [7, 11) is 0.107. The van der Waals surface area contributed by atoms with E-state index in [1.54, 1.807) is 18.2 Å². The van der Waals surface area contributed by atoms with E-state index in [0.717, 1.165) is 0 Å². The molecule has 0 radical (unpaired) electrons. The Hall–Kier alpha value is -1.76. The standard InChI is InChI=1S/C14H19NO5S/c1-19-12-5-11(6-13(7-12)20-2)14(16)15-8-10-3-4-21(17,18)9-10/h5-7,10H,3-4,8-9H2,1-2H3,(H,15,16)/t10-/m0/s1. The first-order chi connectivity index (χ1) is 9.93. The average molecular weight is 313 g/mol. The molecule has 1 amide bonds. The van der Waals surface area contributed by atoms with Crippen molar-refractivity contribution in [1.82, 2.24) is 5.32 Å². The molecule has 1 aliphatic rings. The van der Waals surface area contributed by atoms with E-state index in [9.17, 15) is 13.2 Å². The Morgan fingerprint density at radius 2 is 1.86 bits per heavy atom. The summed E-state index contributed by atoms with van der Waals surface area (Å²) in [5, 5.41) is 2.77. The molecular weight excluding hydrogens is 294 g/mol. The quantitative estimate of drug-likeness (QED) is 0.872. The number of methoxy groups -OCH3 is 2. The van der Waals surface area contributed by atoms with Crippen molar-refractivity contribution < 1.29 is 22.7 Å². The first kappa shape index (κ1) is 15.6. The lowest BCUT2D eigenvalue weighted by Gasteiger charge is -2.11. The van der Waals surface area contributed by atoms with Gasteiger partial charge in [0, 0.05) is 18.2 Å². The van der Waals surface area contributed by atoms with Crippen LogP contribution in [0.4, 0.5) is 0 Å². The Morgan fingerprint density at radius 1 is 1.24 bits per heavy atom. The number of amides is 1. The van der Waals surface area contributed by atoms with Crippen LogP contribution in [0.3, 0.4) is 0 Å². The van der Waals surface area contributed by atoms with Gasteiger partial charge in [0.05, 0.1) is 25.7 Å². The fourth-order valence-electron chi connectivity index (χ4n) is 2.31. The third-order valence-electron chi connectivity index (χ3n) is 3.49. The highest BCUT2D eigenvalue weighted by Crippen LogP contribution is 2.23. The normalized spacial score (nSPS) is 20.0. The van der Waals surface area contributed by atoms with Crippen LogP contribution in [0.2, 0.25) is 0 Å². The van der Waals surface area contributed by atoms with Crippen molar-refractivity contribution in [3.8, 4) is 11.5 Å². The van der Waals surface area contributed by atoms with Gasteiger partial charge in [0.25, 0.3) is 5.91 Å². The average Bonchev–Trinajstić information content (AvgIpc) is 2.83. The number of nitrogens with one attached hydrogen (secondary N) is 1. The summed E-state index contributed by atoms with van der Waals surface area (Å²) in [6.45, 7) is 0.359. The second kappa shape index (κ2) is 6.34. The van der Waals surface area contributed by atoms with Crippen LogP contribution in [0.1, 0.15) is 16.8 Å². The Morgan fingerprint density at radius 3 is 2.33 bits per heavy atom. The van der Waals surface area contributed by atoms with Crippen molar-refractivity contribution in [3.05, 3.63) is 23.8 Å². The van der Waals surface area contributed by atoms with Crippen molar-refractivity contribution in [3.63, 3.8) is 0 Å². The SMILES string of the molecule is COc1cc(OC)cc(C(=O)NC[C@@H]2CCS(=O)(=O)C2)c1. The molecule has 1 saturated heterocycles. The number of hydrogen-bond acceptors (Lipinski definition) is 5. The van der Waals surface area contributed by atoms with Crippen LogP contribution in [-0.4, -0.2) is 46.6 Å². The third kappa shape index (κ3) is 4.10. The molecule has 0 aliphatic carbocycles. The van der Waals surface area contributed by atoms with E-state index in [1.807, 2.05) is 0 Å². The van der Waals surface area contributed by atoms with Crippen molar-refractivity contribution in [2.24, 2.45) is 5.92 Å². The maximum absolute atomic E-state index is 12.1. The van der Waals surface area contributed by atoms with Gasteiger partial charge in [-0.05, 0) is 24.5 Å². The molecule has 0 saturated carbocycles. The van der Waals surface area contributed by atoms with Gasteiger partial charge >= 0.3 is 0 Å². The molecule has 6 nitrogen and oxygen atoms in total.